The first-order valence-electron chi connectivity index (χ1n) is 8.40. The zero-order valence-corrected chi connectivity index (χ0v) is 18.1. The summed E-state index contributed by atoms with van der Waals surface area (Å²) in [5, 5.41) is 0. The van der Waals surface area contributed by atoms with E-state index in [0.29, 0.717) is 4.22 Å². The SMILES string of the molecule is CC1=[C]([Ti](=[C](C)C)[CH]2c3ccccc3-c3ccccc32)CC=C1.Cl.Cl. The van der Waals surface area contributed by atoms with Crippen molar-refractivity contribution in [3.8, 4) is 11.1 Å². The molecular weight excluding hydrogens is 383 g/mol. The maximum Gasteiger partial charge on any atom is -0.147 e. The van der Waals surface area contributed by atoms with Crippen LogP contribution in [0.5, 0.6) is 0 Å². The molecule has 0 spiro atoms. The van der Waals surface area contributed by atoms with Gasteiger partial charge in [0.05, 0.1) is 0 Å². The Labute approximate surface area is 169 Å². The molecule has 0 N–H and O–H groups in total. The van der Waals surface area contributed by atoms with Crippen molar-refractivity contribution in [3.63, 3.8) is 0 Å². The van der Waals surface area contributed by atoms with Gasteiger partial charge in [-0.05, 0) is 0 Å². The zero-order valence-electron chi connectivity index (χ0n) is 14.9. The van der Waals surface area contributed by atoms with Crippen molar-refractivity contribution in [2.45, 2.75) is 31.4 Å². The second-order valence-electron chi connectivity index (χ2n) is 6.79. The van der Waals surface area contributed by atoms with Gasteiger partial charge in [-0.15, -0.1) is 24.8 Å². The molecule has 0 unspecified atom stereocenters. The molecule has 0 amide bonds. The fourth-order valence-corrected chi connectivity index (χ4v) is 9.64. The Morgan fingerprint density at radius 1 is 0.880 bits per heavy atom. The van der Waals surface area contributed by atoms with Crippen LogP contribution in [0.4, 0.5) is 0 Å². The van der Waals surface area contributed by atoms with Crippen molar-refractivity contribution in [3.05, 3.63) is 81.3 Å². The van der Waals surface area contributed by atoms with Crippen molar-refractivity contribution in [2.75, 3.05) is 0 Å². The van der Waals surface area contributed by atoms with Crippen LogP contribution in [0.2, 0.25) is 0 Å². The Morgan fingerprint density at radius 2 is 1.40 bits per heavy atom. The third kappa shape index (κ3) is 3.38. The second-order valence-corrected chi connectivity index (χ2v) is 11.5. The molecule has 0 fully saturated rings. The standard InChI is InChI=1S/C13H9.C6H7.C3H6.2ClH.Ti/c1-3-7-12-10(5-1)9-11-6-2-4-8-13(11)12;1-6-4-2-3-5-6;1-3-2;;;/h1-9H;2,4H,3H2,1H3;1-2H3;2*1H;. The van der Waals surface area contributed by atoms with E-state index in [9.17, 15) is 0 Å². The molecule has 0 aromatic heterocycles. The molecule has 2 aliphatic rings. The number of rotatable bonds is 2. The molecule has 2 aliphatic carbocycles. The quantitative estimate of drug-likeness (QED) is 0.488. The van der Waals surface area contributed by atoms with E-state index < -0.39 is 17.4 Å². The van der Waals surface area contributed by atoms with Gasteiger partial charge in [-0.25, -0.2) is 0 Å². The van der Waals surface area contributed by atoms with Gasteiger partial charge in [-0.1, -0.05) is 0 Å². The van der Waals surface area contributed by atoms with E-state index in [1.54, 1.807) is 18.8 Å². The molecule has 0 radical (unpaired) electrons. The fourth-order valence-electron chi connectivity index (χ4n) is 4.17. The summed E-state index contributed by atoms with van der Waals surface area (Å²) in [6.45, 7) is 7.05. The maximum absolute atomic E-state index is 2.37. The van der Waals surface area contributed by atoms with Crippen LogP contribution in [0.15, 0.2) is 70.1 Å². The summed E-state index contributed by atoms with van der Waals surface area (Å²) in [5.41, 5.74) is 7.59. The topological polar surface area (TPSA) is 0 Å². The Bertz CT molecular complexity index is 841. The normalized spacial score (nSPS) is 14.5. The van der Waals surface area contributed by atoms with Crippen LogP contribution in [0.3, 0.4) is 0 Å². The van der Waals surface area contributed by atoms with Crippen LogP contribution in [0.25, 0.3) is 11.1 Å². The molecule has 0 aliphatic heterocycles. The Hall–Kier alpha value is -0.916. The third-order valence-corrected chi connectivity index (χ3v) is 10.7. The second kappa shape index (κ2) is 8.19. The molecule has 0 saturated heterocycles. The number of fused-ring (bicyclic) bond motifs is 3. The van der Waals surface area contributed by atoms with Gasteiger partial charge in [0, 0.05) is 0 Å². The van der Waals surface area contributed by atoms with Crippen molar-refractivity contribution < 1.29 is 17.4 Å². The number of hydrogen-bond donors (Lipinski definition) is 0. The molecule has 0 atom stereocenters. The third-order valence-electron chi connectivity index (χ3n) is 5.15. The Kier molecular flexibility index (Phi) is 6.68. The number of halogens is 2. The van der Waals surface area contributed by atoms with E-state index in [1.165, 1.54) is 23.1 Å². The number of hydrogen-bond acceptors (Lipinski definition) is 0. The first-order valence-corrected chi connectivity index (χ1v) is 10.9. The fraction of sp³-hybridized carbons (Fsp3) is 0.227. The smallest absolute Gasteiger partial charge is 0.147 e. The van der Waals surface area contributed by atoms with Gasteiger partial charge in [-0.3, -0.25) is 0 Å². The summed E-state index contributed by atoms with van der Waals surface area (Å²) in [7, 11) is 0. The first kappa shape index (κ1) is 20.4. The monoisotopic (exact) mass is 406 g/mol. The summed E-state index contributed by atoms with van der Waals surface area (Å²) in [5.74, 6) is 0. The van der Waals surface area contributed by atoms with Crippen LogP contribution in [-0.4, -0.2) is 3.81 Å². The minimum Gasteiger partial charge on any atom is -0.147 e. The summed E-state index contributed by atoms with van der Waals surface area (Å²) in [4.78, 5) is 0. The number of benzene rings is 2. The molecule has 2 aromatic rings. The van der Waals surface area contributed by atoms with E-state index in [1.807, 2.05) is 0 Å². The van der Waals surface area contributed by atoms with E-state index in [-0.39, 0.29) is 24.8 Å². The van der Waals surface area contributed by atoms with Crippen LogP contribution < -0.4 is 0 Å². The minimum absolute atomic E-state index is 0. The van der Waals surface area contributed by atoms with Gasteiger partial charge < -0.3 is 0 Å². The average Bonchev–Trinajstić information content (AvgIpc) is 3.11. The van der Waals surface area contributed by atoms with Crippen molar-refractivity contribution in [1.82, 2.24) is 0 Å². The molecule has 25 heavy (non-hydrogen) atoms. The van der Waals surface area contributed by atoms with E-state index >= 15 is 0 Å². The predicted molar refractivity (Wildman–Crippen MR) is 111 cm³/mol. The molecule has 0 saturated carbocycles. The van der Waals surface area contributed by atoms with Crippen molar-refractivity contribution in [2.24, 2.45) is 0 Å². The van der Waals surface area contributed by atoms with E-state index in [0.717, 1.165) is 0 Å². The average molecular weight is 407 g/mol. The molecule has 2 aromatic carbocycles. The summed E-state index contributed by atoms with van der Waals surface area (Å²) in [6.07, 6.45) is 5.86. The Balaban J connectivity index is 0.00000113. The molecule has 0 nitrogen and oxygen atoms in total. The summed E-state index contributed by atoms with van der Waals surface area (Å²) < 4.78 is 4.07. The van der Waals surface area contributed by atoms with E-state index in [4.69, 9.17) is 0 Å². The zero-order chi connectivity index (χ0) is 16.0. The van der Waals surface area contributed by atoms with Gasteiger partial charge in [0.25, 0.3) is 0 Å². The van der Waals surface area contributed by atoms with Gasteiger partial charge in [0.15, 0.2) is 0 Å². The largest absolute Gasteiger partial charge is 0.147 e. The molecule has 3 heteroatoms. The van der Waals surface area contributed by atoms with Crippen LogP contribution in [0, 0.1) is 0 Å². The van der Waals surface area contributed by atoms with E-state index in [2.05, 4.69) is 81.5 Å². The molecule has 0 bridgehead atoms. The van der Waals surface area contributed by atoms with Gasteiger partial charge in [0.1, 0.15) is 0 Å². The molecule has 4 rings (SSSR count). The molecule has 130 valence electrons. The number of allylic oxidation sites excluding steroid dienone is 4. The van der Waals surface area contributed by atoms with Crippen LogP contribution >= 0.6 is 24.8 Å². The van der Waals surface area contributed by atoms with Crippen LogP contribution in [0.1, 0.15) is 42.5 Å². The van der Waals surface area contributed by atoms with Crippen molar-refractivity contribution in [1.29, 1.82) is 0 Å². The minimum atomic E-state index is -1.55. The predicted octanol–water partition coefficient (Wildman–Crippen LogP) is 6.66. The van der Waals surface area contributed by atoms with Gasteiger partial charge in [-0.2, -0.15) is 0 Å². The summed E-state index contributed by atoms with van der Waals surface area (Å²) in [6, 6.07) is 18.2. The van der Waals surface area contributed by atoms with Gasteiger partial charge in [0.2, 0.25) is 0 Å². The maximum atomic E-state index is 2.37. The Morgan fingerprint density at radius 3 is 1.84 bits per heavy atom. The summed E-state index contributed by atoms with van der Waals surface area (Å²) >= 11 is -1.55. The van der Waals surface area contributed by atoms with Gasteiger partial charge >= 0.3 is 145 Å². The van der Waals surface area contributed by atoms with Crippen LogP contribution in [-0.2, 0) is 17.4 Å². The molecule has 0 heterocycles. The first-order chi connectivity index (χ1) is 11.2. The van der Waals surface area contributed by atoms with Crippen molar-refractivity contribution >= 4 is 28.6 Å². The molecular formula is C22H24Cl2Ti.